The Bertz CT molecular complexity index is 190. The van der Waals surface area contributed by atoms with E-state index in [4.69, 9.17) is 9.84 Å². The largest absolute Gasteiger partial charge is 0.419 e. The van der Waals surface area contributed by atoms with Crippen LogP contribution in [0.5, 0.6) is 0 Å². The van der Waals surface area contributed by atoms with E-state index in [1.807, 2.05) is 0 Å². The van der Waals surface area contributed by atoms with Crippen molar-refractivity contribution in [3.8, 4) is 0 Å². The average Bonchev–Trinajstić information content (AvgIpc) is 1.98. The van der Waals surface area contributed by atoms with Crippen LogP contribution in [0.3, 0.4) is 0 Å². The van der Waals surface area contributed by atoms with Crippen LogP contribution in [-0.2, 0) is 4.74 Å². The Morgan fingerprint density at radius 3 is 2.36 bits per heavy atom. The topological polar surface area (TPSA) is 32.7 Å². The number of ether oxygens (including phenoxy) is 1. The first kappa shape index (κ1) is 11.7. The summed E-state index contributed by atoms with van der Waals surface area (Å²) in [6.07, 6.45) is -4.32. The third kappa shape index (κ3) is 2.02. The molecule has 3 nitrogen and oxygen atoms in total. The van der Waals surface area contributed by atoms with Crippen LogP contribution in [0.1, 0.15) is 6.92 Å². The number of rotatable bonds is 4. The number of hydrogen-bond donors (Lipinski definition) is 1. The third-order valence-corrected chi connectivity index (χ3v) is 2.31. The summed E-state index contributed by atoms with van der Waals surface area (Å²) in [5.74, 6) is 0. The molecule has 6 heteroatoms. The van der Waals surface area contributed by atoms with Crippen molar-refractivity contribution in [2.45, 2.75) is 18.7 Å². The number of β-amino-alcohol motifs (C(OH)–C–C–N with tert-alkyl or cyclic N) is 1. The van der Waals surface area contributed by atoms with Crippen molar-refractivity contribution in [3.05, 3.63) is 0 Å². The molecule has 1 aliphatic heterocycles. The van der Waals surface area contributed by atoms with Crippen molar-refractivity contribution < 1.29 is 23.0 Å². The summed E-state index contributed by atoms with van der Waals surface area (Å²) in [6, 6.07) is 0. The SMILES string of the molecule is CCOC1(C(F)(F)F)CN(CCO)C1. The monoisotopic (exact) mass is 213 g/mol. The summed E-state index contributed by atoms with van der Waals surface area (Å²) in [5.41, 5.74) is -2.00. The third-order valence-electron chi connectivity index (χ3n) is 2.31. The van der Waals surface area contributed by atoms with Gasteiger partial charge < -0.3 is 9.84 Å². The molecule has 0 amide bonds. The van der Waals surface area contributed by atoms with Gasteiger partial charge in [-0.25, -0.2) is 0 Å². The summed E-state index contributed by atoms with van der Waals surface area (Å²) in [6.45, 7) is 1.38. The number of aliphatic hydroxyl groups is 1. The molecule has 0 atom stereocenters. The van der Waals surface area contributed by atoms with E-state index in [-0.39, 0.29) is 32.8 Å². The second kappa shape index (κ2) is 4.04. The fourth-order valence-corrected chi connectivity index (χ4v) is 1.60. The van der Waals surface area contributed by atoms with E-state index in [2.05, 4.69) is 0 Å². The van der Waals surface area contributed by atoms with Gasteiger partial charge in [0.1, 0.15) is 0 Å². The van der Waals surface area contributed by atoms with Crippen molar-refractivity contribution >= 4 is 0 Å². The van der Waals surface area contributed by atoms with Crippen LogP contribution in [0.25, 0.3) is 0 Å². The molecular formula is C8H14F3NO2. The molecule has 14 heavy (non-hydrogen) atoms. The van der Waals surface area contributed by atoms with E-state index in [1.165, 1.54) is 4.90 Å². The minimum Gasteiger partial charge on any atom is -0.395 e. The second-order valence-corrected chi connectivity index (χ2v) is 3.36. The summed E-state index contributed by atoms with van der Waals surface area (Å²) < 4.78 is 42.4. The number of nitrogens with zero attached hydrogens (tertiary/aromatic N) is 1. The van der Waals surface area contributed by atoms with E-state index in [0.29, 0.717) is 0 Å². The molecule has 1 heterocycles. The van der Waals surface area contributed by atoms with Crippen LogP contribution < -0.4 is 0 Å². The number of aliphatic hydroxyl groups excluding tert-OH is 1. The zero-order valence-electron chi connectivity index (χ0n) is 7.97. The first-order valence-corrected chi connectivity index (χ1v) is 4.49. The normalized spacial score (nSPS) is 22.1. The highest BCUT2D eigenvalue weighted by Crippen LogP contribution is 2.40. The van der Waals surface area contributed by atoms with E-state index >= 15 is 0 Å². The maximum atomic E-state index is 12.5. The number of halogens is 3. The van der Waals surface area contributed by atoms with Gasteiger partial charge in [-0.3, -0.25) is 4.90 Å². The van der Waals surface area contributed by atoms with Gasteiger partial charge in [0, 0.05) is 26.2 Å². The molecule has 0 bridgehead atoms. The predicted octanol–water partition coefficient (Wildman–Crippen LogP) is 0.632. The van der Waals surface area contributed by atoms with Crippen LogP contribution in [0.2, 0.25) is 0 Å². The molecule has 1 N–H and O–H groups in total. The quantitative estimate of drug-likeness (QED) is 0.743. The Labute approximate surface area is 80.5 Å². The van der Waals surface area contributed by atoms with Gasteiger partial charge in [0.25, 0.3) is 0 Å². The van der Waals surface area contributed by atoms with Crippen LogP contribution in [-0.4, -0.2) is 54.6 Å². The number of likely N-dealkylation sites (tertiary alicyclic amines) is 1. The van der Waals surface area contributed by atoms with Gasteiger partial charge in [-0.1, -0.05) is 0 Å². The Kier molecular flexibility index (Phi) is 3.39. The molecule has 0 spiro atoms. The summed E-state index contributed by atoms with van der Waals surface area (Å²) in [5, 5.41) is 8.54. The van der Waals surface area contributed by atoms with Gasteiger partial charge in [0.05, 0.1) is 6.61 Å². The molecule has 0 aromatic rings. The lowest BCUT2D eigenvalue weighted by molar-refractivity contribution is -0.317. The molecule has 1 aliphatic rings. The molecule has 0 radical (unpaired) electrons. The van der Waals surface area contributed by atoms with Crippen molar-refractivity contribution in [1.29, 1.82) is 0 Å². The fraction of sp³-hybridized carbons (Fsp3) is 1.00. The lowest BCUT2D eigenvalue weighted by atomic mass is 9.93. The van der Waals surface area contributed by atoms with Gasteiger partial charge in [-0.05, 0) is 6.92 Å². The van der Waals surface area contributed by atoms with Gasteiger partial charge in [-0.15, -0.1) is 0 Å². The molecule has 0 aromatic carbocycles. The van der Waals surface area contributed by atoms with E-state index in [1.54, 1.807) is 6.92 Å². The first-order valence-electron chi connectivity index (χ1n) is 4.49. The highest BCUT2D eigenvalue weighted by molar-refractivity contribution is 5.02. The van der Waals surface area contributed by atoms with Gasteiger partial charge in [0.2, 0.25) is 0 Å². The van der Waals surface area contributed by atoms with Crippen LogP contribution in [0, 0.1) is 0 Å². The van der Waals surface area contributed by atoms with Crippen molar-refractivity contribution in [1.82, 2.24) is 4.90 Å². The highest BCUT2D eigenvalue weighted by Gasteiger charge is 2.62. The molecular weight excluding hydrogens is 199 g/mol. The maximum absolute atomic E-state index is 12.5. The first-order chi connectivity index (χ1) is 6.45. The Morgan fingerprint density at radius 1 is 1.43 bits per heavy atom. The molecule has 1 saturated heterocycles. The smallest absolute Gasteiger partial charge is 0.395 e. The average molecular weight is 213 g/mol. The Balaban J connectivity index is 2.53. The lowest BCUT2D eigenvalue weighted by Gasteiger charge is -2.49. The van der Waals surface area contributed by atoms with E-state index in [0.717, 1.165) is 0 Å². The fourth-order valence-electron chi connectivity index (χ4n) is 1.60. The predicted molar refractivity (Wildman–Crippen MR) is 43.9 cm³/mol. The minimum atomic E-state index is -4.32. The summed E-state index contributed by atoms with van der Waals surface area (Å²) in [7, 11) is 0. The second-order valence-electron chi connectivity index (χ2n) is 3.36. The number of hydrogen-bond acceptors (Lipinski definition) is 3. The summed E-state index contributed by atoms with van der Waals surface area (Å²) in [4.78, 5) is 1.52. The highest BCUT2D eigenvalue weighted by atomic mass is 19.4. The van der Waals surface area contributed by atoms with Crippen molar-refractivity contribution in [2.24, 2.45) is 0 Å². The van der Waals surface area contributed by atoms with Gasteiger partial charge in [0.15, 0.2) is 5.60 Å². The summed E-state index contributed by atoms with van der Waals surface area (Å²) >= 11 is 0. The van der Waals surface area contributed by atoms with Crippen LogP contribution >= 0.6 is 0 Å². The van der Waals surface area contributed by atoms with Crippen molar-refractivity contribution in [2.75, 3.05) is 32.8 Å². The Hall–Kier alpha value is -0.330. The van der Waals surface area contributed by atoms with Gasteiger partial charge in [-0.2, -0.15) is 13.2 Å². The zero-order valence-corrected chi connectivity index (χ0v) is 7.97. The molecule has 1 fully saturated rings. The van der Waals surface area contributed by atoms with Crippen LogP contribution in [0.4, 0.5) is 13.2 Å². The van der Waals surface area contributed by atoms with E-state index in [9.17, 15) is 13.2 Å². The molecule has 0 aliphatic carbocycles. The standard InChI is InChI=1S/C8H14F3NO2/c1-2-14-7(8(9,10)11)5-12(6-7)3-4-13/h13H,2-6H2,1H3. The van der Waals surface area contributed by atoms with Crippen molar-refractivity contribution in [3.63, 3.8) is 0 Å². The Morgan fingerprint density at radius 2 is 2.00 bits per heavy atom. The van der Waals surface area contributed by atoms with E-state index < -0.39 is 11.8 Å². The molecule has 0 aromatic heterocycles. The maximum Gasteiger partial charge on any atom is 0.419 e. The zero-order chi connectivity index (χ0) is 10.8. The van der Waals surface area contributed by atoms with Crippen LogP contribution in [0.15, 0.2) is 0 Å². The molecule has 84 valence electrons. The molecule has 0 saturated carbocycles. The molecule has 1 rings (SSSR count). The lowest BCUT2D eigenvalue weighted by Crippen LogP contribution is -2.70. The van der Waals surface area contributed by atoms with Gasteiger partial charge >= 0.3 is 6.18 Å². The molecule has 0 unspecified atom stereocenters. The number of alkyl halides is 3. The minimum absolute atomic E-state index is 0.0481.